The van der Waals surface area contributed by atoms with Gasteiger partial charge >= 0.3 is 0 Å². The zero-order valence-electron chi connectivity index (χ0n) is 13.5. The van der Waals surface area contributed by atoms with Gasteiger partial charge in [0.05, 0.1) is 10.5 Å². The molecule has 24 heavy (non-hydrogen) atoms. The molecule has 3 aromatic rings. The van der Waals surface area contributed by atoms with Crippen molar-refractivity contribution in [1.29, 1.82) is 0 Å². The second-order valence-electron chi connectivity index (χ2n) is 5.85. The highest BCUT2D eigenvalue weighted by Crippen LogP contribution is 2.30. The number of benzene rings is 2. The Kier molecular flexibility index (Phi) is 5.21. The van der Waals surface area contributed by atoms with Crippen LogP contribution in [-0.4, -0.2) is 35.1 Å². The summed E-state index contributed by atoms with van der Waals surface area (Å²) >= 11 is 18.3. The Balaban J connectivity index is 2.31. The molecule has 124 valence electrons. The molecule has 0 aliphatic rings. The van der Waals surface area contributed by atoms with E-state index < -0.39 is 0 Å². The van der Waals surface area contributed by atoms with Crippen LogP contribution >= 0.6 is 35.4 Å². The van der Waals surface area contributed by atoms with Crippen molar-refractivity contribution in [2.45, 2.75) is 6.54 Å². The number of fused-ring (bicyclic) bond motifs is 1. The summed E-state index contributed by atoms with van der Waals surface area (Å²) < 4.78 is 2.75. The smallest absolute Gasteiger partial charge is 0.141 e. The lowest BCUT2D eigenvalue weighted by molar-refractivity contribution is 0.383. The summed E-state index contributed by atoms with van der Waals surface area (Å²) in [6.07, 6.45) is 0. The summed E-state index contributed by atoms with van der Waals surface area (Å²) in [5, 5.41) is 1.88. The van der Waals surface area contributed by atoms with Crippen LogP contribution < -0.4 is 0 Å². The molecule has 0 amide bonds. The Bertz CT molecular complexity index is 936. The first-order valence-corrected chi connectivity index (χ1v) is 8.73. The zero-order chi connectivity index (χ0) is 17.3. The minimum absolute atomic E-state index is 0.514. The van der Waals surface area contributed by atoms with E-state index in [1.165, 1.54) is 0 Å². The standard InChI is InChI=1S/C18H17Cl2N3S/c1-22(2)8-9-23-17(12-6-4-3-5-7-12)21-16-14(18(23)24)10-13(19)11-15(16)20/h3-7,10-11H,8-9H2,1-2H3. The maximum Gasteiger partial charge on any atom is 0.141 e. The van der Waals surface area contributed by atoms with Gasteiger partial charge in [-0.1, -0.05) is 65.8 Å². The molecule has 0 saturated heterocycles. The van der Waals surface area contributed by atoms with Gasteiger partial charge in [0, 0.05) is 29.1 Å². The predicted molar refractivity (Wildman–Crippen MR) is 105 cm³/mol. The zero-order valence-corrected chi connectivity index (χ0v) is 15.8. The molecule has 3 nitrogen and oxygen atoms in total. The molecule has 0 radical (unpaired) electrons. The lowest BCUT2D eigenvalue weighted by Gasteiger charge is -2.18. The van der Waals surface area contributed by atoms with Crippen LogP contribution in [0.3, 0.4) is 0 Å². The summed E-state index contributed by atoms with van der Waals surface area (Å²) in [6.45, 7) is 1.60. The van der Waals surface area contributed by atoms with Gasteiger partial charge in [0.15, 0.2) is 0 Å². The molecule has 1 aromatic heterocycles. The Morgan fingerprint density at radius 2 is 1.83 bits per heavy atom. The van der Waals surface area contributed by atoms with Crippen molar-refractivity contribution in [2.75, 3.05) is 20.6 Å². The fourth-order valence-corrected chi connectivity index (χ4v) is 3.43. The topological polar surface area (TPSA) is 21.1 Å². The molecule has 1 heterocycles. The predicted octanol–water partition coefficient (Wildman–Crippen LogP) is 5.30. The fourth-order valence-electron chi connectivity index (χ4n) is 2.57. The average Bonchev–Trinajstić information content (AvgIpc) is 2.55. The highest BCUT2D eigenvalue weighted by atomic mass is 35.5. The SMILES string of the molecule is CN(C)CCn1c(-c2ccccc2)nc2c(Cl)cc(Cl)cc2c1=S. The van der Waals surface area contributed by atoms with E-state index in [1.807, 2.05) is 50.5 Å². The number of halogens is 2. The maximum absolute atomic E-state index is 6.36. The third kappa shape index (κ3) is 3.47. The fraction of sp³-hybridized carbons (Fsp3) is 0.222. The van der Waals surface area contributed by atoms with Crippen LogP contribution in [0.1, 0.15) is 0 Å². The van der Waals surface area contributed by atoms with E-state index in [-0.39, 0.29) is 0 Å². The molecule has 0 spiro atoms. The number of likely N-dealkylation sites (N-methyl/N-ethyl adjacent to an activating group) is 1. The molecule has 0 unspecified atom stereocenters. The molecule has 0 saturated carbocycles. The van der Waals surface area contributed by atoms with Gasteiger partial charge in [-0.15, -0.1) is 0 Å². The average molecular weight is 378 g/mol. The van der Waals surface area contributed by atoms with Gasteiger partial charge in [-0.05, 0) is 26.2 Å². The molecule has 0 bridgehead atoms. The van der Waals surface area contributed by atoms with Crippen LogP contribution in [0, 0.1) is 4.64 Å². The summed E-state index contributed by atoms with van der Waals surface area (Å²) in [6, 6.07) is 13.5. The second kappa shape index (κ2) is 7.19. The van der Waals surface area contributed by atoms with Gasteiger partial charge in [-0.3, -0.25) is 0 Å². The van der Waals surface area contributed by atoms with Crippen LogP contribution in [0.25, 0.3) is 22.3 Å². The number of hydrogen-bond donors (Lipinski definition) is 0. The Labute approximate surface area is 156 Å². The van der Waals surface area contributed by atoms with Crippen LogP contribution in [0.2, 0.25) is 10.0 Å². The van der Waals surface area contributed by atoms with E-state index in [2.05, 4.69) is 9.47 Å². The van der Waals surface area contributed by atoms with E-state index in [0.717, 1.165) is 29.9 Å². The Hall–Kier alpha value is -1.46. The molecule has 3 rings (SSSR count). The number of nitrogens with zero attached hydrogens (tertiary/aromatic N) is 3. The van der Waals surface area contributed by atoms with Gasteiger partial charge in [0.2, 0.25) is 0 Å². The minimum Gasteiger partial charge on any atom is -0.315 e. The first-order chi connectivity index (χ1) is 11.5. The molecule has 0 atom stereocenters. The number of hydrogen-bond acceptors (Lipinski definition) is 3. The Morgan fingerprint density at radius 1 is 1.12 bits per heavy atom. The van der Waals surface area contributed by atoms with Gasteiger partial charge in [-0.25, -0.2) is 4.98 Å². The van der Waals surface area contributed by atoms with E-state index in [1.54, 1.807) is 6.07 Å². The first kappa shape index (κ1) is 17.4. The normalized spacial score (nSPS) is 11.4. The van der Waals surface area contributed by atoms with Gasteiger partial charge in [0.25, 0.3) is 0 Å². The molecule has 0 N–H and O–H groups in total. The highest BCUT2D eigenvalue weighted by molar-refractivity contribution is 7.71. The highest BCUT2D eigenvalue weighted by Gasteiger charge is 2.13. The monoisotopic (exact) mass is 377 g/mol. The van der Waals surface area contributed by atoms with Gasteiger partial charge in [-0.2, -0.15) is 0 Å². The number of rotatable bonds is 4. The Morgan fingerprint density at radius 3 is 2.50 bits per heavy atom. The van der Waals surface area contributed by atoms with Crippen molar-refractivity contribution in [2.24, 2.45) is 0 Å². The number of aromatic nitrogens is 2. The summed E-state index contributed by atoms with van der Waals surface area (Å²) in [5.74, 6) is 0.819. The van der Waals surface area contributed by atoms with Crippen molar-refractivity contribution in [3.63, 3.8) is 0 Å². The largest absolute Gasteiger partial charge is 0.315 e. The lowest BCUT2D eigenvalue weighted by atomic mass is 10.2. The van der Waals surface area contributed by atoms with Crippen molar-refractivity contribution < 1.29 is 0 Å². The van der Waals surface area contributed by atoms with Crippen LogP contribution in [0.4, 0.5) is 0 Å². The van der Waals surface area contributed by atoms with Gasteiger partial charge in [0.1, 0.15) is 10.5 Å². The van der Waals surface area contributed by atoms with E-state index in [9.17, 15) is 0 Å². The maximum atomic E-state index is 6.36. The van der Waals surface area contributed by atoms with Crippen molar-refractivity contribution in [1.82, 2.24) is 14.5 Å². The third-order valence-electron chi connectivity index (χ3n) is 3.78. The van der Waals surface area contributed by atoms with Crippen molar-refractivity contribution in [3.05, 3.63) is 57.2 Å². The summed E-state index contributed by atoms with van der Waals surface area (Å²) in [4.78, 5) is 6.93. The van der Waals surface area contributed by atoms with Gasteiger partial charge < -0.3 is 9.47 Å². The lowest BCUT2D eigenvalue weighted by Crippen LogP contribution is -2.20. The third-order valence-corrected chi connectivity index (χ3v) is 4.73. The van der Waals surface area contributed by atoms with Crippen LogP contribution in [-0.2, 0) is 6.54 Å². The van der Waals surface area contributed by atoms with Crippen LogP contribution in [0.5, 0.6) is 0 Å². The van der Waals surface area contributed by atoms with E-state index in [0.29, 0.717) is 20.2 Å². The molecule has 0 aliphatic heterocycles. The van der Waals surface area contributed by atoms with E-state index >= 15 is 0 Å². The second-order valence-corrected chi connectivity index (χ2v) is 7.08. The molecule has 0 fully saturated rings. The van der Waals surface area contributed by atoms with E-state index in [4.69, 9.17) is 40.4 Å². The first-order valence-electron chi connectivity index (χ1n) is 7.57. The van der Waals surface area contributed by atoms with Crippen LogP contribution in [0.15, 0.2) is 42.5 Å². The molecular weight excluding hydrogens is 361 g/mol. The molecule has 0 aliphatic carbocycles. The minimum atomic E-state index is 0.514. The molecule has 2 aromatic carbocycles. The van der Waals surface area contributed by atoms with Crippen molar-refractivity contribution >= 4 is 46.3 Å². The van der Waals surface area contributed by atoms with Crippen molar-refractivity contribution in [3.8, 4) is 11.4 Å². The molecule has 6 heteroatoms. The quantitative estimate of drug-likeness (QED) is 0.575. The summed E-state index contributed by atoms with van der Waals surface area (Å²) in [7, 11) is 4.07. The summed E-state index contributed by atoms with van der Waals surface area (Å²) in [5.41, 5.74) is 1.70. The molecular formula is C18H17Cl2N3S.